The SMILES string of the molecule is Brc1ccccc1-c1ccc2c(c1)CCc1cccnc1-2. The third-order valence-electron chi connectivity index (χ3n) is 4.10. The summed E-state index contributed by atoms with van der Waals surface area (Å²) in [5.41, 5.74) is 7.70. The summed E-state index contributed by atoms with van der Waals surface area (Å²) in [5, 5.41) is 0. The molecular formula is C19H14BrN. The highest BCUT2D eigenvalue weighted by Crippen LogP contribution is 2.36. The van der Waals surface area contributed by atoms with Crippen molar-refractivity contribution in [2.75, 3.05) is 0 Å². The van der Waals surface area contributed by atoms with Crippen LogP contribution in [0.5, 0.6) is 0 Å². The van der Waals surface area contributed by atoms with Crippen LogP contribution < -0.4 is 0 Å². The van der Waals surface area contributed by atoms with E-state index in [1.807, 2.05) is 18.3 Å². The molecule has 2 heteroatoms. The monoisotopic (exact) mass is 335 g/mol. The van der Waals surface area contributed by atoms with Crippen LogP contribution in [0.1, 0.15) is 11.1 Å². The van der Waals surface area contributed by atoms with E-state index >= 15 is 0 Å². The average molecular weight is 336 g/mol. The molecule has 0 atom stereocenters. The van der Waals surface area contributed by atoms with Gasteiger partial charge >= 0.3 is 0 Å². The zero-order chi connectivity index (χ0) is 14.2. The lowest BCUT2D eigenvalue weighted by molar-refractivity contribution is 0.928. The maximum Gasteiger partial charge on any atom is 0.0736 e. The van der Waals surface area contributed by atoms with Crippen LogP contribution in [0.4, 0.5) is 0 Å². The van der Waals surface area contributed by atoms with E-state index in [1.165, 1.54) is 27.8 Å². The van der Waals surface area contributed by atoms with Gasteiger partial charge in [-0.2, -0.15) is 0 Å². The van der Waals surface area contributed by atoms with Gasteiger partial charge in [-0.3, -0.25) is 4.98 Å². The van der Waals surface area contributed by atoms with Crippen molar-refractivity contribution in [3.63, 3.8) is 0 Å². The Morgan fingerprint density at radius 3 is 2.57 bits per heavy atom. The molecule has 2 aromatic carbocycles. The molecule has 0 unspecified atom stereocenters. The molecule has 1 heterocycles. The van der Waals surface area contributed by atoms with Gasteiger partial charge in [-0.05, 0) is 47.2 Å². The number of hydrogen-bond donors (Lipinski definition) is 0. The molecule has 0 bridgehead atoms. The largest absolute Gasteiger partial charge is 0.256 e. The second-order valence-corrected chi connectivity index (χ2v) is 6.22. The van der Waals surface area contributed by atoms with Crippen LogP contribution in [0.3, 0.4) is 0 Å². The van der Waals surface area contributed by atoms with E-state index in [-0.39, 0.29) is 0 Å². The van der Waals surface area contributed by atoms with Crippen LogP contribution in [-0.2, 0) is 12.8 Å². The topological polar surface area (TPSA) is 12.9 Å². The van der Waals surface area contributed by atoms with Gasteiger partial charge in [-0.1, -0.05) is 58.4 Å². The minimum absolute atomic E-state index is 1.08. The van der Waals surface area contributed by atoms with Gasteiger partial charge in [0.25, 0.3) is 0 Å². The fraction of sp³-hybridized carbons (Fsp3) is 0.105. The Kier molecular flexibility index (Phi) is 3.12. The van der Waals surface area contributed by atoms with Crippen LogP contribution in [0, 0.1) is 0 Å². The standard InChI is InChI=1S/C19H14BrN/c20-18-6-2-1-5-16(18)14-9-10-17-15(12-14)8-7-13-4-3-11-21-19(13)17/h1-6,9-12H,7-8H2. The smallest absolute Gasteiger partial charge is 0.0736 e. The number of rotatable bonds is 1. The summed E-state index contributed by atoms with van der Waals surface area (Å²) < 4.78 is 1.14. The van der Waals surface area contributed by atoms with Crippen LogP contribution in [-0.4, -0.2) is 4.98 Å². The van der Waals surface area contributed by atoms with Crippen molar-refractivity contribution in [3.05, 3.63) is 76.4 Å². The van der Waals surface area contributed by atoms with Crippen molar-refractivity contribution in [1.29, 1.82) is 0 Å². The first-order valence-electron chi connectivity index (χ1n) is 7.15. The molecular weight excluding hydrogens is 322 g/mol. The number of aryl methyl sites for hydroxylation is 2. The maximum atomic E-state index is 4.57. The average Bonchev–Trinajstić information content (AvgIpc) is 2.54. The lowest BCUT2D eigenvalue weighted by Gasteiger charge is -2.19. The molecule has 0 aliphatic heterocycles. The molecule has 1 aliphatic rings. The van der Waals surface area contributed by atoms with Gasteiger partial charge in [-0.15, -0.1) is 0 Å². The molecule has 0 saturated heterocycles. The molecule has 1 nitrogen and oxygen atoms in total. The minimum atomic E-state index is 1.08. The van der Waals surface area contributed by atoms with Crippen LogP contribution in [0.15, 0.2) is 65.3 Å². The van der Waals surface area contributed by atoms with Crippen LogP contribution in [0.25, 0.3) is 22.4 Å². The summed E-state index contributed by atoms with van der Waals surface area (Å²) in [6.07, 6.45) is 4.05. The van der Waals surface area contributed by atoms with Gasteiger partial charge in [0.05, 0.1) is 5.69 Å². The van der Waals surface area contributed by atoms with Crippen molar-refractivity contribution < 1.29 is 0 Å². The number of hydrogen-bond acceptors (Lipinski definition) is 1. The molecule has 0 saturated carbocycles. The predicted octanol–water partition coefficient (Wildman–Crippen LogP) is 5.28. The first-order chi connectivity index (χ1) is 10.3. The third kappa shape index (κ3) is 2.20. The molecule has 4 rings (SSSR count). The lowest BCUT2D eigenvalue weighted by Crippen LogP contribution is -2.05. The summed E-state index contributed by atoms with van der Waals surface area (Å²) in [6, 6.07) is 19.3. The highest BCUT2D eigenvalue weighted by Gasteiger charge is 2.17. The molecule has 0 amide bonds. The van der Waals surface area contributed by atoms with E-state index in [9.17, 15) is 0 Å². The van der Waals surface area contributed by atoms with Crippen LogP contribution in [0.2, 0.25) is 0 Å². The maximum absolute atomic E-state index is 4.57. The molecule has 0 radical (unpaired) electrons. The molecule has 0 N–H and O–H groups in total. The Morgan fingerprint density at radius 1 is 0.810 bits per heavy atom. The molecule has 1 aliphatic carbocycles. The number of pyridine rings is 1. The Balaban J connectivity index is 1.86. The molecule has 3 aromatic rings. The van der Waals surface area contributed by atoms with Crippen molar-refractivity contribution in [2.45, 2.75) is 12.8 Å². The Bertz CT molecular complexity index is 823. The lowest BCUT2D eigenvalue weighted by atomic mass is 9.87. The molecule has 102 valence electrons. The Labute approximate surface area is 132 Å². The Hall–Kier alpha value is -1.93. The van der Waals surface area contributed by atoms with E-state index in [4.69, 9.17) is 0 Å². The quantitative estimate of drug-likeness (QED) is 0.589. The molecule has 0 spiro atoms. The summed E-state index contributed by atoms with van der Waals surface area (Å²) in [5.74, 6) is 0. The molecule has 1 aromatic heterocycles. The zero-order valence-electron chi connectivity index (χ0n) is 11.5. The second-order valence-electron chi connectivity index (χ2n) is 5.36. The first kappa shape index (κ1) is 12.8. The van der Waals surface area contributed by atoms with Gasteiger partial charge in [0.2, 0.25) is 0 Å². The fourth-order valence-electron chi connectivity index (χ4n) is 3.05. The molecule has 21 heavy (non-hydrogen) atoms. The van der Waals surface area contributed by atoms with Crippen molar-refractivity contribution in [3.8, 4) is 22.4 Å². The molecule has 0 fully saturated rings. The van der Waals surface area contributed by atoms with Gasteiger partial charge in [0.1, 0.15) is 0 Å². The van der Waals surface area contributed by atoms with Gasteiger partial charge in [-0.25, -0.2) is 0 Å². The highest BCUT2D eigenvalue weighted by atomic mass is 79.9. The van der Waals surface area contributed by atoms with Crippen molar-refractivity contribution in [2.24, 2.45) is 0 Å². The van der Waals surface area contributed by atoms with Crippen molar-refractivity contribution in [1.82, 2.24) is 4.98 Å². The zero-order valence-corrected chi connectivity index (χ0v) is 13.1. The summed E-state index contributed by atoms with van der Waals surface area (Å²) in [4.78, 5) is 4.57. The normalized spacial score (nSPS) is 12.6. The van der Waals surface area contributed by atoms with Crippen molar-refractivity contribution >= 4 is 15.9 Å². The van der Waals surface area contributed by atoms with E-state index in [0.29, 0.717) is 0 Å². The van der Waals surface area contributed by atoms with Gasteiger partial charge < -0.3 is 0 Å². The summed E-state index contributed by atoms with van der Waals surface area (Å²) >= 11 is 3.64. The van der Waals surface area contributed by atoms with Gasteiger partial charge in [0, 0.05) is 16.2 Å². The second kappa shape index (κ2) is 5.12. The van der Waals surface area contributed by atoms with E-state index in [1.54, 1.807) is 0 Å². The minimum Gasteiger partial charge on any atom is -0.256 e. The summed E-state index contributed by atoms with van der Waals surface area (Å²) in [7, 11) is 0. The number of fused-ring (bicyclic) bond motifs is 3. The summed E-state index contributed by atoms with van der Waals surface area (Å²) in [6.45, 7) is 0. The van der Waals surface area contributed by atoms with Gasteiger partial charge in [0.15, 0.2) is 0 Å². The first-order valence-corrected chi connectivity index (χ1v) is 7.94. The fourth-order valence-corrected chi connectivity index (χ4v) is 3.56. The van der Waals surface area contributed by atoms with E-state index in [2.05, 4.69) is 63.4 Å². The number of halogens is 1. The number of nitrogens with zero attached hydrogens (tertiary/aromatic N) is 1. The predicted molar refractivity (Wildman–Crippen MR) is 90.2 cm³/mol. The highest BCUT2D eigenvalue weighted by molar-refractivity contribution is 9.10. The van der Waals surface area contributed by atoms with Crippen LogP contribution >= 0.6 is 15.9 Å². The number of benzene rings is 2. The third-order valence-corrected chi connectivity index (χ3v) is 4.79. The van der Waals surface area contributed by atoms with E-state index in [0.717, 1.165) is 23.0 Å². The Morgan fingerprint density at radius 2 is 1.67 bits per heavy atom. The number of aromatic nitrogens is 1. The van der Waals surface area contributed by atoms with E-state index < -0.39 is 0 Å².